The fourth-order valence-electron chi connectivity index (χ4n) is 2.98. The third kappa shape index (κ3) is 2.99. The molecule has 1 aliphatic heterocycles. The Labute approximate surface area is 125 Å². The van der Waals surface area contributed by atoms with Crippen molar-refractivity contribution in [3.8, 4) is 0 Å². The summed E-state index contributed by atoms with van der Waals surface area (Å²) >= 11 is 2.11. The summed E-state index contributed by atoms with van der Waals surface area (Å²) in [6.45, 7) is 6.48. The minimum Gasteiger partial charge on any atom is -0.311 e. The van der Waals surface area contributed by atoms with Crippen molar-refractivity contribution in [2.75, 3.05) is 12.3 Å². The Kier molecular flexibility index (Phi) is 3.99. The number of rotatable bonds is 4. The van der Waals surface area contributed by atoms with Gasteiger partial charge in [-0.25, -0.2) is 0 Å². The number of benzene rings is 1. The second-order valence-corrected chi connectivity index (χ2v) is 7.63. The summed E-state index contributed by atoms with van der Waals surface area (Å²) in [7, 11) is 0. The quantitative estimate of drug-likeness (QED) is 0.922. The Bertz CT molecular complexity index is 603. The van der Waals surface area contributed by atoms with Gasteiger partial charge in [-0.3, -0.25) is 4.98 Å². The molecule has 0 radical (unpaired) electrons. The normalized spacial score (nSPS) is 22.5. The Morgan fingerprint density at radius 2 is 2.20 bits per heavy atom. The van der Waals surface area contributed by atoms with Crippen LogP contribution < -0.4 is 5.32 Å². The first-order valence-electron chi connectivity index (χ1n) is 7.36. The molecule has 1 aromatic heterocycles. The van der Waals surface area contributed by atoms with Gasteiger partial charge in [0.25, 0.3) is 0 Å². The molecule has 2 heterocycles. The van der Waals surface area contributed by atoms with E-state index in [0.29, 0.717) is 4.75 Å². The minimum absolute atomic E-state index is 0.428. The molecule has 1 aromatic carbocycles. The highest BCUT2D eigenvalue weighted by Crippen LogP contribution is 2.37. The van der Waals surface area contributed by atoms with Gasteiger partial charge in [0.1, 0.15) is 0 Å². The van der Waals surface area contributed by atoms with Crippen LogP contribution in [0.3, 0.4) is 0 Å². The molecule has 0 bridgehead atoms. The molecule has 3 heteroatoms. The molecule has 2 aromatic rings. The molecule has 0 spiro atoms. The number of nitrogens with zero attached hydrogens (tertiary/aromatic N) is 1. The SMILES string of the molecule is Cc1cc(CNCC2(C)CCCS2)c2ccccc2n1. The molecule has 0 amide bonds. The Morgan fingerprint density at radius 3 is 3.00 bits per heavy atom. The molecule has 0 saturated carbocycles. The molecule has 1 aliphatic rings. The smallest absolute Gasteiger partial charge is 0.0708 e. The number of hydrogen-bond donors (Lipinski definition) is 1. The fraction of sp³-hybridized carbons (Fsp3) is 0.471. The van der Waals surface area contributed by atoms with Crippen molar-refractivity contribution >= 4 is 22.7 Å². The zero-order chi connectivity index (χ0) is 14.0. The second kappa shape index (κ2) is 5.74. The molecular weight excluding hydrogens is 264 g/mol. The maximum absolute atomic E-state index is 4.60. The maximum atomic E-state index is 4.60. The van der Waals surface area contributed by atoms with Crippen molar-refractivity contribution in [3.63, 3.8) is 0 Å². The molecule has 1 N–H and O–H groups in total. The number of pyridine rings is 1. The second-order valence-electron chi connectivity index (χ2n) is 5.95. The number of hydrogen-bond acceptors (Lipinski definition) is 3. The van der Waals surface area contributed by atoms with Crippen LogP contribution in [-0.2, 0) is 6.54 Å². The van der Waals surface area contributed by atoms with Crippen molar-refractivity contribution in [2.24, 2.45) is 0 Å². The molecule has 1 saturated heterocycles. The minimum atomic E-state index is 0.428. The highest BCUT2D eigenvalue weighted by atomic mass is 32.2. The van der Waals surface area contributed by atoms with E-state index in [-0.39, 0.29) is 0 Å². The van der Waals surface area contributed by atoms with Crippen LogP contribution in [0.2, 0.25) is 0 Å². The Hall–Kier alpha value is -1.06. The fourth-order valence-corrected chi connectivity index (χ4v) is 4.25. The number of fused-ring (bicyclic) bond motifs is 1. The number of thioether (sulfide) groups is 1. The third-order valence-electron chi connectivity index (χ3n) is 4.04. The van der Waals surface area contributed by atoms with Gasteiger partial charge in [0.15, 0.2) is 0 Å². The molecular formula is C17H22N2S. The van der Waals surface area contributed by atoms with E-state index in [1.807, 2.05) is 0 Å². The lowest BCUT2D eigenvalue weighted by Gasteiger charge is -2.23. The Morgan fingerprint density at radius 1 is 1.35 bits per heavy atom. The lowest BCUT2D eigenvalue weighted by molar-refractivity contribution is 0.538. The van der Waals surface area contributed by atoms with Crippen molar-refractivity contribution in [1.29, 1.82) is 0 Å². The molecule has 1 fully saturated rings. The topological polar surface area (TPSA) is 24.9 Å². The molecule has 2 nitrogen and oxygen atoms in total. The summed E-state index contributed by atoms with van der Waals surface area (Å²) in [5, 5.41) is 4.93. The molecule has 3 rings (SSSR count). The first kappa shape index (κ1) is 13.9. The average Bonchev–Trinajstić information content (AvgIpc) is 2.85. The Balaban J connectivity index is 1.74. The summed E-state index contributed by atoms with van der Waals surface area (Å²) < 4.78 is 0.428. The van der Waals surface area contributed by atoms with E-state index in [1.54, 1.807) is 0 Å². The van der Waals surface area contributed by atoms with Crippen LogP contribution in [0.5, 0.6) is 0 Å². The van der Waals surface area contributed by atoms with Gasteiger partial charge in [-0.2, -0.15) is 11.8 Å². The lowest BCUT2D eigenvalue weighted by Crippen LogP contribution is -2.32. The van der Waals surface area contributed by atoms with Crippen LogP contribution in [-0.4, -0.2) is 22.0 Å². The number of aromatic nitrogens is 1. The van der Waals surface area contributed by atoms with Crippen LogP contribution in [0.4, 0.5) is 0 Å². The van der Waals surface area contributed by atoms with Crippen molar-refractivity contribution in [2.45, 2.75) is 38.0 Å². The van der Waals surface area contributed by atoms with E-state index in [2.05, 4.69) is 66.2 Å². The molecule has 1 unspecified atom stereocenters. The number of aryl methyl sites for hydroxylation is 1. The van der Waals surface area contributed by atoms with Crippen LogP contribution in [0.15, 0.2) is 30.3 Å². The van der Waals surface area contributed by atoms with Gasteiger partial charge in [0, 0.05) is 28.9 Å². The summed E-state index contributed by atoms with van der Waals surface area (Å²) in [6, 6.07) is 10.6. The van der Waals surface area contributed by atoms with Gasteiger partial charge < -0.3 is 5.32 Å². The van der Waals surface area contributed by atoms with E-state index >= 15 is 0 Å². The first-order chi connectivity index (χ1) is 9.66. The predicted molar refractivity (Wildman–Crippen MR) is 88.3 cm³/mol. The molecule has 1 atom stereocenters. The van der Waals surface area contributed by atoms with Crippen LogP contribution >= 0.6 is 11.8 Å². The molecule has 20 heavy (non-hydrogen) atoms. The highest BCUT2D eigenvalue weighted by molar-refractivity contribution is 8.00. The lowest BCUT2D eigenvalue weighted by atomic mass is 10.0. The number of nitrogens with one attached hydrogen (secondary N) is 1. The zero-order valence-electron chi connectivity index (χ0n) is 12.3. The van der Waals surface area contributed by atoms with Gasteiger partial charge >= 0.3 is 0 Å². The summed E-state index contributed by atoms with van der Waals surface area (Å²) in [5.74, 6) is 1.31. The number of para-hydroxylation sites is 1. The van der Waals surface area contributed by atoms with E-state index in [1.165, 1.54) is 29.5 Å². The van der Waals surface area contributed by atoms with Gasteiger partial charge in [0.2, 0.25) is 0 Å². The monoisotopic (exact) mass is 286 g/mol. The average molecular weight is 286 g/mol. The third-order valence-corrected chi connectivity index (χ3v) is 5.58. The van der Waals surface area contributed by atoms with E-state index in [0.717, 1.165) is 24.3 Å². The van der Waals surface area contributed by atoms with Gasteiger partial charge in [-0.1, -0.05) is 18.2 Å². The summed E-state index contributed by atoms with van der Waals surface area (Å²) in [6.07, 6.45) is 2.70. The van der Waals surface area contributed by atoms with Crippen LogP contribution in [0.25, 0.3) is 10.9 Å². The van der Waals surface area contributed by atoms with Crippen molar-refractivity contribution in [1.82, 2.24) is 10.3 Å². The standard InChI is InChI=1S/C17H22N2S/c1-13-10-14(15-6-3-4-7-16(15)19-13)11-18-12-17(2)8-5-9-20-17/h3-4,6-7,10,18H,5,8-9,11-12H2,1-2H3. The predicted octanol–water partition coefficient (Wildman–Crippen LogP) is 3.92. The van der Waals surface area contributed by atoms with Crippen LogP contribution in [0, 0.1) is 6.92 Å². The largest absolute Gasteiger partial charge is 0.311 e. The van der Waals surface area contributed by atoms with Crippen molar-refractivity contribution < 1.29 is 0 Å². The van der Waals surface area contributed by atoms with E-state index < -0.39 is 0 Å². The van der Waals surface area contributed by atoms with Gasteiger partial charge in [0.05, 0.1) is 5.52 Å². The molecule has 0 aliphatic carbocycles. The van der Waals surface area contributed by atoms with Gasteiger partial charge in [-0.15, -0.1) is 0 Å². The summed E-state index contributed by atoms with van der Waals surface area (Å²) in [5.41, 5.74) is 3.56. The van der Waals surface area contributed by atoms with E-state index in [9.17, 15) is 0 Å². The maximum Gasteiger partial charge on any atom is 0.0708 e. The molecule has 106 valence electrons. The first-order valence-corrected chi connectivity index (χ1v) is 8.35. The van der Waals surface area contributed by atoms with E-state index in [4.69, 9.17) is 0 Å². The highest BCUT2D eigenvalue weighted by Gasteiger charge is 2.28. The zero-order valence-corrected chi connectivity index (χ0v) is 13.1. The van der Waals surface area contributed by atoms with Crippen molar-refractivity contribution in [3.05, 3.63) is 41.6 Å². The van der Waals surface area contributed by atoms with Crippen LogP contribution in [0.1, 0.15) is 31.0 Å². The van der Waals surface area contributed by atoms with Gasteiger partial charge in [-0.05, 0) is 50.1 Å². The summed E-state index contributed by atoms with van der Waals surface area (Å²) in [4.78, 5) is 4.60.